The summed E-state index contributed by atoms with van der Waals surface area (Å²) in [6.07, 6.45) is 4.16. The van der Waals surface area contributed by atoms with E-state index in [0.717, 1.165) is 5.92 Å². The van der Waals surface area contributed by atoms with Crippen molar-refractivity contribution in [2.24, 2.45) is 5.92 Å². The molecule has 0 nitrogen and oxygen atoms in total. The van der Waals surface area contributed by atoms with E-state index in [2.05, 4.69) is 0 Å². The van der Waals surface area contributed by atoms with Gasteiger partial charge in [-0.15, -0.1) is 11.8 Å². The van der Waals surface area contributed by atoms with E-state index in [1.807, 2.05) is 23.9 Å². The van der Waals surface area contributed by atoms with E-state index in [4.69, 9.17) is 0 Å². The van der Waals surface area contributed by atoms with Crippen LogP contribution in [-0.4, -0.2) is 5.75 Å². The fraction of sp³-hybridized carbons (Fsp3) is 0.455. The lowest BCUT2D eigenvalue weighted by Crippen LogP contribution is -2.12. The molecule has 0 radical (unpaired) electrons. The molecule has 1 aromatic rings. The molecule has 1 aliphatic carbocycles. The van der Waals surface area contributed by atoms with Gasteiger partial charge in [0.15, 0.2) is 0 Å². The first-order valence-corrected chi connectivity index (χ1v) is 5.71. The van der Waals surface area contributed by atoms with E-state index in [1.165, 1.54) is 42.0 Å². The SMILES string of the molecule is Fc1ccc(SCC2CCC2)cc1. The number of thioether (sulfide) groups is 1. The molecule has 2 rings (SSSR count). The summed E-state index contributed by atoms with van der Waals surface area (Å²) in [4.78, 5) is 1.19. The Morgan fingerprint density at radius 3 is 2.46 bits per heavy atom. The molecule has 1 aliphatic rings. The normalized spacial score (nSPS) is 17.0. The van der Waals surface area contributed by atoms with Crippen molar-refractivity contribution in [1.29, 1.82) is 0 Å². The van der Waals surface area contributed by atoms with Crippen LogP contribution in [0.4, 0.5) is 4.39 Å². The van der Waals surface area contributed by atoms with Gasteiger partial charge < -0.3 is 0 Å². The van der Waals surface area contributed by atoms with Crippen molar-refractivity contribution < 1.29 is 4.39 Å². The summed E-state index contributed by atoms with van der Waals surface area (Å²) >= 11 is 1.85. The second-order valence-electron chi connectivity index (χ2n) is 3.56. The van der Waals surface area contributed by atoms with Crippen molar-refractivity contribution in [1.82, 2.24) is 0 Å². The summed E-state index contributed by atoms with van der Waals surface area (Å²) in [5.74, 6) is 1.97. The molecule has 0 N–H and O–H groups in total. The number of hydrogen-bond donors (Lipinski definition) is 0. The van der Waals surface area contributed by atoms with Crippen LogP contribution in [0.1, 0.15) is 19.3 Å². The van der Waals surface area contributed by atoms with Crippen LogP contribution in [0.5, 0.6) is 0 Å². The first-order chi connectivity index (χ1) is 6.34. The number of benzene rings is 1. The maximum atomic E-state index is 12.6. The highest BCUT2D eigenvalue weighted by Crippen LogP contribution is 2.32. The van der Waals surface area contributed by atoms with E-state index in [1.54, 1.807) is 0 Å². The third-order valence-electron chi connectivity index (χ3n) is 2.52. The molecule has 1 fully saturated rings. The smallest absolute Gasteiger partial charge is 0.123 e. The molecule has 0 heterocycles. The molecule has 0 aromatic heterocycles. The lowest BCUT2D eigenvalue weighted by molar-refractivity contribution is 0.353. The highest BCUT2D eigenvalue weighted by Gasteiger charge is 2.16. The van der Waals surface area contributed by atoms with Crippen LogP contribution in [0.25, 0.3) is 0 Å². The van der Waals surface area contributed by atoms with Gasteiger partial charge in [-0.25, -0.2) is 4.39 Å². The fourth-order valence-corrected chi connectivity index (χ4v) is 2.49. The van der Waals surface area contributed by atoms with Crippen molar-refractivity contribution in [3.63, 3.8) is 0 Å². The fourth-order valence-electron chi connectivity index (χ4n) is 1.40. The lowest BCUT2D eigenvalue weighted by atomic mass is 9.87. The van der Waals surface area contributed by atoms with Gasteiger partial charge in [-0.05, 0) is 43.0 Å². The van der Waals surface area contributed by atoms with Gasteiger partial charge >= 0.3 is 0 Å². The minimum atomic E-state index is -0.145. The second-order valence-corrected chi connectivity index (χ2v) is 4.66. The average molecular weight is 196 g/mol. The summed E-state index contributed by atoms with van der Waals surface area (Å²) < 4.78 is 12.6. The van der Waals surface area contributed by atoms with E-state index in [9.17, 15) is 4.39 Å². The maximum absolute atomic E-state index is 12.6. The molecule has 2 heteroatoms. The van der Waals surface area contributed by atoms with E-state index in [-0.39, 0.29) is 5.82 Å². The van der Waals surface area contributed by atoms with Gasteiger partial charge in [-0.1, -0.05) is 6.42 Å². The van der Waals surface area contributed by atoms with Gasteiger partial charge in [0.1, 0.15) is 5.82 Å². The van der Waals surface area contributed by atoms with E-state index in [0.29, 0.717) is 0 Å². The molecule has 0 saturated heterocycles. The number of hydrogen-bond acceptors (Lipinski definition) is 1. The summed E-state index contributed by atoms with van der Waals surface area (Å²) in [6, 6.07) is 6.78. The highest BCUT2D eigenvalue weighted by atomic mass is 32.2. The Hall–Kier alpha value is -0.500. The van der Waals surface area contributed by atoms with Gasteiger partial charge in [-0.2, -0.15) is 0 Å². The molecule has 0 bridgehead atoms. The van der Waals surface area contributed by atoms with Gasteiger partial charge in [0.25, 0.3) is 0 Å². The lowest BCUT2D eigenvalue weighted by Gasteiger charge is -2.24. The largest absolute Gasteiger partial charge is 0.207 e. The minimum Gasteiger partial charge on any atom is -0.207 e. The summed E-state index contributed by atoms with van der Waals surface area (Å²) in [7, 11) is 0. The van der Waals surface area contributed by atoms with Gasteiger partial charge in [0.05, 0.1) is 0 Å². The van der Waals surface area contributed by atoms with Crippen LogP contribution in [0.2, 0.25) is 0 Å². The summed E-state index contributed by atoms with van der Waals surface area (Å²) in [5, 5.41) is 0. The average Bonchev–Trinajstić information content (AvgIpc) is 2.05. The topological polar surface area (TPSA) is 0 Å². The van der Waals surface area contributed by atoms with Crippen LogP contribution in [0.15, 0.2) is 29.2 Å². The number of halogens is 1. The Balaban J connectivity index is 1.83. The zero-order valence-electron chi connectivity index (χ0n) is 7.50. The summed E-state index contributed by atoms with van der Waals surface area (Å²) in [6.45, 7) is 0. The van der Waals surface area contributed by atoms with Crippen molar-refractivity contribution in [2.75, 3.05) is 5.75 Å². The van der Waals surface area contributed by atoms with Crippen molar-refractivity contribution >= 4 is 11.8 Å². The molecular weight excluding hydrogens is 183 g/mol. The predicted octanol–water partition coefficient (Wildman–Crippen LogP) is 3.72. The van der Waals surface area contributed by atoms with E-state index >= 15 is 0 Å². The molecule has 0 aliphatic heterocycles. The third-order valence-corrected chi connectivity index (χ3v) is 3.77. The van der Waals surface area contributed by atoms with Gasteiger partial charge in [-0.3, -0.25) is 0 Å². The first-order valence-electron chi connectivity index (χ1n) is 4.73. The predicted molar refractivity (Wildman–Crippen MR) is 54.5 cm³/mol. The van der Waals surface area contributed by atoms with Crippen molar-refractivity contribution in [3.05, 3.63) is 30.1 Å². The van der Waals surface area contributed by atoms with Crippen LogP contribution < -0.4 is 0 Å². The molecule has 70 valence electrons. The molecule has 13 heavy (non-hydrogen) atoms. The Bertz CT molecular complexity index is 264. The highest BCUT2D eigenvalue weighted by molar-refractivity contribution is 7.99. The maximum Gasteiger partial charge on any atom is 0.123 e. The molecule has 1 saturated carbocycles. The Morgan fingerprint density at radius 1 is 1.23 bits per heavy atom. The molecular formula is C11H13FS. The number of rotatable bonds is 3. The molecule has 0 atom stereocenters. The Kier molecular flexibility index (Phi) is 2.89. The second kappa shape index (κ2) is 4.14. The van der Waals surface area contributed by atoms with Gasteiger partial charge in [0.2, 0.25) is 0 Å². The molecule has 1 aromatic carbocycles. The van der Waals surface area contributed by atoms with Crippen LogP contribution in [-0.2, 0) is 0 Å². The monoisotopic (exact) mass is 196 g/mol. The molecule has 0 unspecified atom stereocenters. The van der Waals surface area contributed by atoms with Crippen LogP contribution >= 0.6 is 11.8 Å². The summed E-state index contributed by atoms with van der Waals surface area (Å²) in [5.41, 5.74) is 0. The third kappa shape index (κ3) is 2.47. The molecule has 0 spiro atoms. The van der Waals surface area contributed by atoms with Crippen LogP contribution in [0, 0.1) is 11.7 Å². The van der Waals surface area contributed by atoms with Crippen molar-refractivity contribution in [2.45, 2.75) is 24.2 Å². The zero-order valence-corrected chi connectivity index (χ0v) is 8.32. The zero-order chi connectivity index (χ0) is 9.10. The minimum absolute atomic E-state index is 0.145. The van der Waals surface area contributed by atoms with Crippen molar-refractivity contribution in [3.8, 4) is 0 Å². The quantitative estimate of drug-likeness (QED) is 0.664. The first kappa shape index (κ1) is 9.07. The Labute approximate surface area is 82.5 Å². The standard InChI is InChI=1S/C11H13FS/c12-10-4-6-11(7-5-10)13-8-9-2-1-3-9/h4-7,9H,1-3,8H2. The van der Waals surface area contributed by atoms with Crippen LogP contribution in [0.3, 0.4) is 0 Å². The molecule has 0 amide bonds. The van der Waals surface area contributed by atoms with E-state index < -0.39 is 0 Å². The Morgan fingerprint density at radius 2 is 1.92 bits per heavy atom. The van der Waals surface area contributed by atoms with Gasteiger partial charge in [0, 0.05) is 10.6 Å².